The van der Waals surface area contributed by atoms with E-state index >= 15 is 0 Å². The van der Waals surface area contributed by atoms with Gasteiger partial charge in [-0.3, -0.25) is 4.79 Å². The summed E-state index contributed by atoms with van der Waals surface area (Å²) in [6.45, 7) is 4.49. The van der Waals surface area contributed by atoms with E-state index in [1.165, 1.54) is 0 Å². The van der Waals surface area contributed by atoms with Gasteiger partial charge in [0.15, 0.2) is 0 Å². The predicted molar refractivity (Wildman–Crippen MR) is 82.9 cm³/mol. The highest BCUT2D eigenvalue weighted by Crippen LogP contribution is 2.09. The van der Waals surface area contributed by atoms with Crippen LogP contribution in [0.15, 0.2) is 29.4 Å². The highest BCUT2D eigenvalue weighted by atomic mass is 16.2. The number of hydrogen-bond acceptors (Lipinski definition) is 4. The third-order valence-electron chi connectivity index (χ3n) is 3.18. The number of nitrogens with zero attached hydrogens (tertiary/aromatic N) is 4. The summed E-state index contributed by atoms with van der Waals surface area (Å²) in [5.74, 6) is -0.0359. The van der Waals surface area contributed by atoms with Gasteiger partial charge in [-0.05, 0) is 25.5 Å². The summed E-state index contributed by atoms with van der Waals surface area (Å²) in [5, 5.41) is 12.3. The van der Waals surface area contributed by atoms with Crippen LogP contribution < -0.4 is 5.43 Å². The average Bonchev–Trinajstić information content (AvgIpc) is 2.89. The van der Waals surface area contributed by atoms with E-state index in [0.717, 1.165) is 36.0 Å². The Balaban J connectivity index is 1.90. The Morgan fingerprint density at radius 2 is 2.14 bits per heavy atom. The van der Waals surface area contributed by atoms with Crippen LogP contribution in [0.2, 0.25) is 0 Å². The highest BCUT2D eigenvalue weighted by Gasteiger charge is 2.05. The summed E-state index contributed by atoms with van der Waals surface area (Å²) in [6.07, 6.45) is 3.61. The highest BCUT2D eigenvalue weighted by molar-refractivity contribution is 5.85. The Bertz CT molecular complexity index is 632. The van der Waals surface area contributed by atoms with Gasteiger partial charge in [-0.15, -0.1) is 5.10 Å². The first-order chi connectivity index (χ1) is 10.2. The molecule has 1 aromatic carbocycles. The van der Waals surface area contributed by atoms with Crippen LogP contribution in [0.4, 0.5) is 0 Å². The number of benzene rings is 1. The molecule has 0 saturated heterocycles. The van der Waals surface area contributed by atoms with Gasteiger partial charge < -0.3 is 0 Å². The van der Waals surface area contributed by atoms with Crippen LogP contribution in [0.1, 0.15) is 39.5 Å². The van der Waals surface area contributed by atoms with Gasteiger partial charge >= 0.3 is 0 Å². The van der Waals surface area contributed by atoms with Gasteiger partial charge in [0.25, 0.3) is 0 Å². The summed E-state index contributed by atoms with van der Waals surface area (Å²) in [4.78, 5) is 11.6. The van der Waals surface area contributed by atoms with Crippen molar-refractivity contribution in [2.75, 3.05) is 0 Å². The lowest BCUT2D eigenvalue weighted by Crippen LogP contribution is -2.20. The van der Waals surface area contributed by atoms with Crippen LogP contribution in [0.5, 0.6) is 0 Å². The lowest BCUT2D eigenvalue weighted by molar-refractivity contribution is -0.121. The fourth-order valence-corrected chi connectivity index (χ4v) is 2.04. The molecule has 2 rings (SSSR count). The Morgan fingerprint density at radius 3 is 2.95 bits per heavy atom. The van der Waals surface area contributed by atoms with Crippen LogP contribution in [0.3, 0.4) is 0 Å². The number of carbonyl (C=O) groups excluding carboxylic acids is 1. The maximum absolute atomic E-state index is 11.6. The topological polar surface area (TPSA) is 72.2 Å². The third-order valence-corrected chi connectivity index (χ3v) is 3.18. The van der Waals surface area contributed by atoms with Crippen LogP contribution in [-0.2, 0) is 11.3 Å². The first kappa shape index (κ1) is 15.2. The molecule has 1 amide bonds. The molecule has 6 nitrogen and oxygen atoms in total. The molecule has 1 aromatic heterocycles. The molecule has 0 bridgehead atoms. The first-order valence-corrected chi connectivity index (χ1v) is 7.31. The van der Waals surface area contributed by atoms with Crippen LogP contribution in [0, 0.1) is 0 Å². The molecule has 2 aromatic rings. The molecule has 0 unspecified atom stereocenters. The smallest absolute Gasteiger partial charge is 0.240 e. The molecule has 0 aliphatic rings. The summed E-state index contributed by atoms with van der Waals surface area (Å²) in [7, 11) is 0. The van der Waals surface area contributed by atoms with Gasteiger partial charge in [-0.25, -0.2) is 10.1 Å². The molecular weight excluding hydrogens is 266 g/mol. The van der Waals surface area contributed by atoms with Crippen molar-refractivity contribution in [1.29, 1.82) is 0 Å². The van der Waals surface area contributed by atoms with Crippen molar-refractivity contribution in [2.45, 2.75) is 46.1 Å². The average molecular weight is 287 g/mol. The fourth-order valence-electron chi connectivity index (χ4n) is 2.04. The molecule has 0 atom stereocenters. The van der Waals surface area contributed by atoms with Crippen molar-refractivity contribution < 1.29 is 4.79 Å². The molecule has 0 radical (unpaired) electrons. The van der Waals surface area contributed by atoms with Gasteiger partial charge in [0, 0.05) is 6.42 Å². The van der Waals surface area contributed by atoms with E-state index in [0.29, 0.717) is 13.0 Å². The zero-order valence-electron chi connectivity index (χ0n) is 12.5. The number of para-hydroxylation sites is 1. The lowest BCUT2D eigenvalue weighted by Gasteiger charge is -2.03. The normalized spacial score (nSPS) is 11.8. The number of rotatable bonds is 7. The van der Waals surface area contributed by atoms with E-state index in [2.05, 4.69) is 27.8 Å². The lowest BCUT2D eigenvalue weighted by atomic mass is 10.2. The SMILES string of the molecule is CCCCCC(=O)N/N=C(/C)Cn1nnc2ccccc21. The van der Waals surface area contributed by atoms with Crippen LogP contribution >= 0.6 is 0 Å². The molecule has 21 heavy (non-hydrogen) atoms. The van der Waals surface area contributed by atoms with Gasteiger partial charge in [0.2, 0.25) is 5.91 Å². The number of aromatic nitrogens is 3. The van der Waals surface area contributed by atoms with E-state index in [4.69, 9.17) is 0 Å². The number of amides is 1. The molecule has 0 fully saturated rings. The number of unbranched alkanes of at least 4 members (excludes halogenated alkanes) is 2. The van der Waals surface area contributed by atoms with E-state index in [9.17, 15) is 4.79 Å². The minimum Gasteiger partial charge on any atom is -0.273 e. The third kappa shape index (κ3) is 4.37. The molecule has 0 saturated carbocycles. The fraction of sp³-hybridized carbons (Fsp3) is 0.467. The molecule has 0 aliphatic heterocycles. The van der Waals surface area contributed by atoms with Gasteiger partial charge in [-0.2, -0.15) is 5.10 Å². The zero-order valence-corrected chi connectivity index (χ0v) is 12.5. The summed E-state index contributed by atoms with van der Waals surface area (Å²) in [5.41, 5.74) is 5.19. The number of fused-ring (bicyclic) bond motifs is 1. The van der Waals surface area contributed by atoms with E-state index in [-0.39, 0.29) is 5.91 Å². The second kappa shape index (κ2) is 7.52. The van der Waals surface area contributed by atoms with Crippen LogP contribution in [0.25, 0.3) is 11.0 Å². The van der Waals surface area contributed by atoms with E-state index in [1.807, 2.05) is 31.2 Å². The summed E-state index contributed by atoms with van der Waals surface area (Å²) in [6, 6.07) is 7.76. The number of carbonyl (C=O) groups is 1. The summed E-state index contributed by atoms with van der Waals surface area (Å²) >= 11 is 0. The quantitative estimate of drug-likeness (QED) is 0.483. The number of nitrogens with one attached hydrogen (secondary N) is 1. The predicted octanol–water partition coefficient (Wildman–Crippen LogP) is 2.50. The Labute approximate surface area is 124 Å². The van der Waals surface area contributed by atoms with Crippen molar-refractivity contribution in [3.8, 4) is 0 Å². The first-order valence-electron chi connectivity index (χ1n) is 7.31. The molecule has 0 spiro atoms. The summed E-state index contributed by atoms with van der Waals surface area (Å²) < 4.78 is 1.78. The standard InChI is InChI=1S/C15H21N5O/c1-3-4-5-10-15(21)18-16-12(2)11-20-14-9-7-6-8-13(14)17-19-20/h6-9H,3-5,10-11H2,1-2H3,(H,18,21)/b16-12-. The van der Waals surface area contributed by atoms with Crippen molar-refractivity contribution >= 4 is 22.7 Å². The minimum absolute atomic E-state index is 0.0359. The van der Waals surface area contributed by atoms with Crippen molar-refractivity contribution in [3.05, 3.63) is 24.3 Å². The second-order valence-electron chi connectivity index (χ2n) is 5.07. The number of hydrazone groups is 1. The maximum Gasteiger partial charge on any atom is 0.240 e. The molecule has 0 aliphatic carbocycles. The van der Waals surface area contributed by atoms with Gasteiger partial charge in [-0.1, -0.05) is 37.1 Å². The van der Waals surface area contributed by atoms with Crippen molar-refractivity contribution in [2.24, 2.45) is 5.10 Å². The molecule has 6 heteroatoms. The molecule has 1 heterocycles. The van der Waals surface area contributed by atoms with Crippen molar-refractivity contribution in [3.63, 3.8) is 0 Å². The maximum atomic E-state index is 11.6. The van der Waals surface area contributed by atoms with Gasteiger partial charge in [0.05, 0.1) is 17.8 Å². The van der Waals surface area contributed by atoms with Crippen LogP contribution in [-0.4, -0.2) is 26.6 Å². The minimum atomic E-state index is -0.0359. The monoisotopic (exact) mass is 287 g/mol. The van der Waals surface area contributed by atoms with E-state index < -0.39 is 0 Å². The molecule has 112 valence electrons. The molecular formula is C15H21N5O. The largest absolute Gasteiger partial charge is 0.273 e. The second-order valence-corrected chi connectivity index (χ2v) is 5.07. The number of hydrogen-bond donors (Lipinski definition) is 1. The van der Waals surface area contributed by atoms with Crippen molar-refractivity contribution in [1.82, 2.24) is 20.4 Å². The zero-order chi connectivity index (χ0) is 15.1. The van der Waals surface area contributed by atoms with Gasteiger partial charge in [0.1, 0.15) is 5.52 Å². The Hall–Kier alpha value is -2.24. The van der Waals surface area contributed by atoms with E-state index in [1.54, 1.807) is 4.68 Å². The molecule has 1 N–H and O–H groups in total. The Kier molecular flexibility index (Phi) is 5.43. The Morgan fingerprint density at radius 1 is 1.33 bits per heavy atom.